The second-order valence-corrected chi connectivity index (χ2v) is 5.18. The lowest BCUT2D eigenvalue weighted by atomic mass is 9.86. The van der Waals surface area contributed by atoms with E-state index in [0.29, 0.717) is 13.1 Å². The van der Waals surface area contributed by atoms with E-state index in [9.17, 15) is 12.9 Å². The summed E-state index contributed by atoms with van der Waals surface area (Å²) in [5, 5.41) is 0. The first kappa shape index (κ1) is 11.3. The summed E-state index contributed by atoms with van der Waals surface area (Å²) in [6, 6.07) is 0. The van der Waals surface area contributed by atoms with Gasteiger partial charge in [-0.15, -0.1) is 0 Å². The maximum Gasteiger partial charge on any atom is 0.492 e. The zero-order valence-corrected chi connectivity index (χ0v) is 9.06. The Kier molecular flexibility index (Phi) is 2.75. The Morgan fingerprint density at radius 1 is 1.13 bits per heavy atom. The Bertz CT molecular complexity index is 246. The normalized spacial score (nSPS) is 34.4. The number of likely N-dealkylation sites (tertiary alicyclic amines) is 2. The van der Waals surface area contributed by atoms with Crippen LogP contribution in [-0.4, -0.2) is 56.4 Å². The molecule has 1 spiro atoms. The molecule has 0 aromatic heterocycles. The fourth-order valence-corrected chi connectivity index (χ4v) is 2.97. The highest BCUT2D eigenvalue weighted by Gasteiger charge is 2.43. The van der Waals surface area contributed by atoms with Gasteiger partial charge in [-0.3, -0.25) is 0 Å². The zero-order chi connectivity index (χ0) is 11.1. The summed E-state index contributed by atoms with van der Waals surface area (Å²) in [4.78, 5) is 3.81. The van der Waals surface area contributed by atoms with Crippen LogP contribution in [0.2, 0.25) is 0 Å². The molecule has 1 unspecified atom stereocenters. The van der Waals surface area contributed by atoms with Gasteiger partial charge in [0.1, 0.15) is 0 Å². The zero-order valence-electron chi connectivity index (χ0n) is 9.06. The second-order valence-electron chi connectivity index (χ2n) is 5.18. The Morgan fingerprint density at radius 3 is 2.33 bits per heavy atom. The van der Waals surface area contributed by atoms with Gasteiger partial charge in [-0.05, 0) is 44.8 Å². The third-order valence-corrected chi connectivity index (χ3v) is 3.61. The molecule has 1 atom stereocenters. The van der Waals surface area contributed by atoms with Crippen LogP contribution >= 0.6 is 0 Å². The van der Waals surface area contributed by atoms with Crippen molar-refractivity contribution in [3.63, 3.8) is 0 Å². The highest BCUT2D eigenvalue weighted by Crippen LogP contribution is 2.39. The van der Waals surface area contributed by atoms with Gasteiger partial charge < -0.3 is 22.7 Å². The molecule has 2 nitrogen and oxygen atoms in total. The molecule has 6 heteroatoms. The van der Waals surface area contributed by atoms with E-state index >= 15 is 0 Å². The molecular formula is C9H17BF3N2-. The number of nitrogens with zero attached hydrogens (tertiary/aromatic N) is 2. The standard InChI is InChI=1S/C9H17BF3N2/c1-14-4-2-9(6-14)3-5-15(7-9)8-10(11,12)13/h2-8H2,1H3/q-1. The van der Waals surface area contributed by atoms with Crippen molar-refractivity contribution >= 4 is 6.98 Å². The number of hydrogen-bond donors (Lipinski definition) is 0. The van der Waals surface area contributed by atoms with Gasteiger partial charge in [-0.2, -0.15) is 0 Å². The summed E-state index contributed by atoms with van der Waals surface area (Å²) in [5.41, 5.74) is 0.163. The molecule has 2 saturated heterocycles. The Labute approximate surface area is 88.5 Å². The van der Waals surface area contributed by atoms with Crippen LogP contribution in [0.1, 0.15) is 12.8 Å². The maximum atomic E-state index is 12.3. The monoisotopic (exact) mass is 221 g/mol. The van der Waals surface area contributed by atoms with Gasteiger partial charge in [0.25, 0.3) is 0 Å². The summed E-state index contributed by atoms with van der Waals surface area (Å²) in [5.74, 6) is 0. The predicted molar refractivity (Wildman–Crippen MR) is 54.7 cm³/mol. The van der Waals surface area contributed by atoms with Crippen molar-refractivity contribution in [1.29, 1.82) is 0 Å². The second kappa shape index (κ2) is 3.66. The van der Waals surface area contributed by atoms with Crippen LogP contribution in [0.5, 0.6) is 0 Å². The first-order chi connectivity index (χ1) is 6.89. The van der Waals surface area contributed by atoms with E-state index in [1.54, 1.807) is 4.90 Å². The van der Waals surface area contributed by atoms with Crippen LogP contribution in [0.4, 0.5) is 12.9 Å². The largest absolute Gasteiger partial charge is 0.492 e. The average Bonchev–Trinajstić information content (AvgIpc) is 2.58. The van der Waals surface area contributed by atoms with Crippen LogP contribution in [0.15, 0.2) is 0 Å². The molecule has 0 saturated carbocycles. The third-order valence-electron chi connectivity index (χ3n) is 3.61. The lowest BCUT2D eigenvalue weighted by Crippen LogP contribution is -2.38. The van der Waals surface area contributed by atoms with Gasteiger partial charge in [-0.25, -0.2) is 0 Å². The van der Waals surface area contributed by atoms with E-state index in [0.717, 1.165) is 25.9 Å². The molecular weight excluding hydrogens is 204 g/mol. The lowest BCUT2D eigenvalue weighted by Gasteiger charge is -2.26. The smallest absolute Gasteiger partial charge is 0.448 e. The molecule has 2 heterocycles. The number of hydrogen-bond acceptors (Lipinski definition) is 2. The Balaban J connectivity index is 1.90. The quantitative estimate of drug-likeness (QED) is 0.650. The van der Waals surface area contributed by atoms with Crippen LogP contribution in [0.3, 0.4) is 0 Å². The Morgan fingerprint density at radius 2 is 1.80 bits per heavy atom. The van der Waals surface area contributed by atoms with E-state index < -0.39 is 13.4 Å². The summed E-state index contributed by atoms with van der Waals surface area (Å²) >= 11 is 0. The molecule has 0 aromatic rings. The van der Waals surface area contributed by atoms with Crippen LogP contribution in [0.25, 0.3) is 0 Å². The van der Waals surface area contributed by atoms with E-state index in [1.807, 2.05) is 7.05 Å². The molecule has 15 heavy (non-hydrogen) atoms. The van der Waals surface area contributed by atoms with Crippen molar-refractivity contribution in [1.82, 2.24) is 9.80 Å². The summed E-state index contributed by atoms with van der Waals surface area (Å²) in [6.07, 6.45) is 1.32. The van der Waals surface area contributed by atoms with Crippen LogP contribution < -0.4 is 0 Å². The molecule has 0 radical (unpaired) electrons. The van der Waals surface area contributed by atoms with Gasteiger partial charge in [0.2, 0.25) is 0 Å². The van der Waals surface area contributed by atoms with E-state index in [4.69, 9.17) is 0 Å². The summed E-state index contributed by atoms with van der Waals surface area (Å²) in [7, 11) is 2.05. The van der Waals surface area contributed by atoms with E-state index in [1.165, 1.54) is 0 Å². The van der Waals surface area contributed by atoms with Crippen LogP contribution in [-0.2, 0) is 0 Å². The molecule has 0 amide bonds. The van der Waals surface area contributed by atoms with Gasteiger partial charge in [0, 0.05) is 13.1 Å². The van der Waals surface area contributed by atoms with Crippen molar-refractivity contribution in [2.75, 3.05) is 39.7 Å². The molecule has 0 aromatic carbocycles. The van der Waals surface area contributed by atoms with Crippen molar-refractivity contribution in [3.8, 4) is 0 Å². The van der Waals surface area contributed by atoms with Gasteiger partial charge in [0.15, 0.2) is 0 Å². The molecule has 2 rings (SSSR count). The molecule has 2 fully saturated rings. The van der Waals surface area contributed by atoms with E-state index in [-0.39, 0.29) is 5.41 Å². The highest BCUT2D eigenvalue weighted by molar-refractivity contribution is 6.58. The summed E-state index contributed by atoms with van der Waals surface area (Å²) in [6.45, 7) is -1.40. The fraction of sp³-hybridized carbons (Fsp3) is 1.00. The Hall–Kier alpha value is -0.225. The molecule has 2 aliphatic rings. The van der Waals surface area contributed by atoms with Crippen LogP contribution in [0, 0.1) is 5.41 Å². The van der Waals surface area contributed by atoms with E-state index in [2.05, 4.69) is 4.90 Å². The third kappa shape index (κ3) is 2.66. The molecule has 0 bridgehead atoms. The minimum Gasteiger partial charge on any atom is -0.448 e. The number of halogens is 3. The molecule has 0 aliphatic carbocycles. The van der Waals surface area contributed by atoms with Gasteiger partial charge in [-0.1, -0.05) is 0 Å². The van der Waals surface area contributed by atoms with Crippen molar-refractivity contribution in [3.05, 3.63) is 0 Å². The summed E-state index contributed by atoms with van der Waals surface area (Å²) < 4.78 is 36.8. The van der Waals surface area contributed by atoms with Crippen molar-refractivity contribution in [2.24, 2.45) is 5.41 Å². The number of rotatable bonds is 2. The SMILES string of the molecule is CN1CCC2(CCN(C[B-](F)(F)F)C2)C1. The first-order valence-electron chi connectivity index (χ1n) is 5.51. The highest BCUT2D eigenvalue weighted by atomic mass is 19.4. The minimum atomic E-state index is -4.65. The van der Waals surface area contributed by atoms with Crippen molar-refractivity contribution < 1.29 is 12.9 Å². The van der Waals surface area contributed by atoms with Gasteiger partial charge in [0.05, 0.1) is 0 Å². The van der Waals surface area contributed by atoms with Gasteiger partial charge >= 0.3 is 6.98 Å². The average molecular weight is 221 g/mol. The maximum absolute atomic E-state index is 12.3. The molecule has 0 N–H and O–H groups in total. The van der Waals surface area contributed by atoms with Crippen molar-refractivity contribution in [2.45, 2.75) is 12.8 Å². The first-order valence-corrected chi connectivity index (χ1v) is 5.51. The lowest BCUT2D eigenvalue weighted by molar-refractivity contribution is 0.258. The minimum absolute atomic E-state index is 0.163. The fourth-order valence-electron chi connectivity index (χ4n) is 2.97. The predicted octanol–water partition coefficient (Wildman–Crippen LogP) is 1.40. The molecule has 2 aliphatic heterocycles. The topological polar surface area (TPSA) is 6.48 Å². The molecule has 88 valence electrons.